The number of phenolic OH excluding ortho intramolecular Hbond substituents is 2. The highest BCUT2D eigenvalue weighted by Crippen LogP contribution is 2.44. The van der Waals surface area contributed by atoms with Crippen LogP contribution >= 0.6 is 0 Å². The lowest BCUT2D eigenvalue weighted by atomic mass is 10.0. The fraction of sp³-hybridized carbons (Fsp3) is 0.167. The van der Waals surface area contributed by atoms with Gasteiger partial charge in [0.2, 0.25) is 5.78 Å². The molecule has 0 bridgehead atoms. The van der Waals surface area contributed by atoms with E-state index in [0.29, 0.717) is 16.9 Å². The summed E-state index contributed by atoms with van der Waals surface area (Å²) in [5.41, 5.74) is 1.32. The van der Waals surface area contributed by atoms with E-state index < -0.39 is 0 Å². The van der Waals surface area contributed by atoms with Gasteiger partial charge >= 0.3 is 0 Å². The van der Waals surface area contributed by atoms with Crippen LogP contribution in [0.1, 0.15) is 21.5 Å². The molecule has 0 spiro atoms. The number of ketones is 1. The third-order valence-corrected chi connectivity index (χ3v) is 3.84. The molecule has 24 heavy (non-hydrogen) atoms. The van der Waals surface area contributed by atoms with Gasteiger partial charge in [0.05, 0.1) is 14.2 Å². The highest BCUT2D eigenvalue weighted by atomic mass is 16.5. The SMILES string of the molecule is COc1ccc(C=C2Oc3cc(O)c(C)c(OC)c3C2=O)cc1O. The summed E-state index contributed by atoms with van der Waals surface area (Å²) in [5.74, 6) is 0.543. The molecule has 2 N–H and O–H groups in total. The topological polar surface area (TPSA) is 85.2 Å². The van der Waals surface area contributed by atoms with Crippen LogP contribution in [0.2, 0.25) is 0 Å². The molecule has 0 aliphatic carbocycles. The highest BCUT2D eigenvalue weighted by molar-refractivity contribution is 6.16. The van der Waals surface area contributed by atoms with Crippen LogP contribution in [0, 0.1) is 6.92 Å². The van der Waals surface area contributed by atoms with Crippen molar-refractivity contribution in [3.8, 4) is 28.7 Å². The van der Waals surface area contributed by atoms with Crippen LogP contribution in [0.3, 0.4) is 0 Å². The van der Waals surface area contributed by atoms with Crippen molar-refractivity contribution in [2.45, 2.75) is 6.92 Å². The first-order valence-electron chi connectivity index (χ1n) is 7.18. The van der Waals surface area contributed by atoms with E-state index in [9.17, 15) is 15.0 Å². The van der Waals surface area contributed by atoms with E-state index in [1.54, 1.807) is 19.1 Å². The van der Waals surface area contributed by atoms with Gasteiger partial charge in [-0.05, 0) is 30.7 Å². The van der Waals surface area contributed by atoms with Gasteiger partial charge in [-0.2, -0.15) is 0 Å². The quantitative estimate of drug-likeness (QED) is 0.843. The lowest BCUT2D eigenvalue weighted by Crippen LogP contribution is -2.01. The van der Waals surface area contributed by atoms with E-state index in [2.05, 4.69) is 0 Å². The van der Waals surface area contributed by atoms with Crippen LogP contribution in [0.4, 0.5) is 0 Å². The number of methoxy groups -OCH3 is 2. The monoisotopic (exact) mass is 328 g/mol. The average molecular weight is 328 g/mol. The minimum Gasteiger partial charge on any atom is -0.507 e. The number of Topliss-reactive ketones (excluding diaryl/α,β-unsaturated/α-hetero) is 1. The molecule has 3 rings (SSSR count). The number of fused-ring (bicyclic) bond motifs is 1. The number of phenols is 2. The maximum absolute atomic E-state index is 12.6. The van der Waals surface area contributed by atoms with Crippen molar-refractivity contribution in [2.75, 3.05) is 14.2 Å². The van der Waals surface area contributed by atoms with Crippen molar-refractivity contribution >= 4 is 11.9 Å². The number of benzene rings is 2. The van der Waals surface area contributed by atoms with E-state index in [-0.39, 0.29) is 40.1 Å². The molecule has 124 valence electrons. The van der Waals surface area contributed by atoms with Gasteiger partial charge in [0.15, 0.2) is 17.3 Å². The van der Waals surface area contributed by atoms with Gasteiger partial charge in [-0.15, -0.1) is 0 Å². The standard InChI is InChI=1S/C18H16O6/c1-9-11(19)8-14-16(18(9)23-3)17(21)15(24-14)7-10-4-5-13(22-2)12(20)6-10/h4-8,19-20H,1-3H3. The van der Waals surface area contributed by atoms with Gasteiger partial charge in [0.25, 0.3) is 0 Å². The third kappa shape index (κ3) is 2.42. The Balaban J connectivity index is 2.04. The number of hydrogen-bond donors (Lipinski definition) is 2. The van der Waals surface area contributed by atoms with Crippen LogP contribution in [-0.4, -0.2) is 30.2 Å². The number of ether oxygens (including phenoxy) is 3. The fourth-order valence-electron chi connectivity index (χ4n) is 2.60. The van der Waals surface area contributed by atoms with E-state index in [1.165, 1.54) is 32.4 Å². The molecular weight excluding hydrogens is 312 g/mol. The number of aromatic hydroxyl groups is 2. The van der Waals surface area contributed by atoms with Crippen LogP contribution in [-0.2, 0) is 0 Å². The van der Waals surface area contributed by atoms with E-state index in [4.69, 9.17) is 14.2 Å². The first-order valence-corrected chi connectivity index (χ1v) is 7.18. The Hall–Kier alpha value is -3.15. The largest absolute Gasteiger partial charge is 0.507 e. The molecule has 6 nitrogen and oxygen atoms in total. The fourth-order valence-corrected chi connectivity index (χ4v) is 2.60. The molecule has 0 saturated heterocycles. The maximum Gasteiger partial charge on any atom is 0.235 e. The van der Waals surface area contributed by atoms with Crippen LogP contribution in [0.5, 0.6) is 28.7 Å². The molecule has 1 aliphatic rings. The summed E-state index contributed by atoms with van der Waals surface area (Å²) in [6.45, 7) is 1.66. The molecule has 2 aromatic carbocycles. The van der Waals surface area contributed by atoms with E-state index >= 15 is 0 Å². The molecule has 0 saturated carbocycles. The lowest BCUT2D eigenvalue weighted by molar-refractivity contribution is 0.101. The maximum atomic E-state index is 12.6. The minimum absolute atomic E-state index is 0.0123. The lowest BCUT2D eigenvalue weighted by Gasteiger charge is -2.09. The summed E-state index contributed by atoms with van der Waals surface area (Å²) in [6.07, 6.45) is 1.51. The van der Waals surface area contributed by atoms with E-state index in [0.717, 1.165) is 0 Å². The Labute approximate surface area is 138 Å². The molecule has 0 amide bonds. The second-order valence-electron chi connectivity index (χ2n) is 5.30. The Kier molecular flexibility index (Phi) is 3.81. The van der Waals surface area contributed by atoms with Crippen molar-refractivity contribution < 1.29 is 29.2 Å². The zero-order valence-corrected chi connectivity index (χ0v) is 13.4. The van der Waals surface area contributed by atoms with Crippen molar-refractivity contribution in [3.63, 3.8) is 0 Å². The van der Waals surface area contributed by atoms with Crippen LogP contribution in [0.15, 0.2) is 30.0 Å². The molecule has 0 atom stereocenters. The summed E-state index contributed by atoms with van der Waals surface area (Å²) in [5, 5.41) is 19.7. The molecule has 0 unspecified atom stereocenters. The smallest absolute Gasteiger partial charge is 0.235 e. The number of carbonyl (C=O) groups is 1. The summed E-state index contributed by atoms with van der Waals surface area (Å²) in [7, 11) is 2.88. The zero-order chi connectivity index (χ0) is 17.4. The first kappa shape index (κ1) is 15.7. The summed E-state index contributed by atoms with van der Waals surface area (Å²) in [4.78, 5) is 12.6. The first-order chi connectivity index (χ1) is 11.5. The highest BCUT2D eigenvalue weighted by Gasteiger charge is 2.33. The van der Waals surface area contributed by atoms with Crippen molar-refractivity contribution in [3.05, 3.63) is 46.7 Å². The van der Waals surface area contributed by atoms with Gasteiger partial charge in [0.1, 0.15) is 22.8 Å². The molecule has 1 heterocycles. The molecule has 0 aromatic heterocycles. The molecule has 2 aromatic rings. The molecule has 1 aliphatic heterocycles. The Morgan fingerprint density at radius 1 is 1.08 bits per heavy atom. The summed E-state index contributed by atoms with van der Waals surface area (Å²) >= 11 is 0. The number of allylic oxidation sites excluding steroid dienone is 1. The van der Waals surface area contributed by atoms with Crippen molar-refractivity contribution in [1.82, 2.24) is 0 Å². The van der Waals surface area contributed by atoms with Crippen LogP contribution in [0.25, 0.3) is 6.08 Å². The van der Waals surface area contributed by atoms with Gasteiger partial charge in [-0.1, -0.05) is 6.07 Å². The number of rotatable bonds is 3. The second-order valence-corrected chi connectivity index (χ2v) is 5.30. The predicted octanol–water partition coefficient (Wildman–Crippen LogP) is 3.04. The minimum atomic E-state index is -0.347. The van der Waals surface area contributed by atoms with Crippen molar-refractivity contribution in [2.24, 2.45) is 0 Å². The van der Waals surface area contributed by atoms with Crippen LogP contribution < -0.4 is 14.2 Å². The van der Waals surface area contributed by atoms with Gasteiger partial charge < -0.3 is 24.4 Å². The Bertz CT molecular complexity index is 866. The molecule has 6 heteroatoms. The molecule has 0 fully saturated rings. The normalized spacial score (nSPS) is 14.5. The van der Waals surface area contributed by atoms with Gasteiger partial charge in [0, 0.05) is 11.6 Å². The zero-order valence-electron chi connectivity index (χ0n) is 13.4. The van der Waals surface area contributed by atoms with Crippen molar-refractivity contribution in [1.29, 1.82) is 0 Å². The average Bonchev–Trinajstić information content (AvgIpc) is 2.85. The number of carbonyl (C=O) groups excluding carboxylic acids is 1. The Morgan fingerprint density at radius 3 is 2.46 bits per heavy atom. The predicted molar refractivity (Wildman–Crippen MR) is 87.0 cm³/mol. The molecule has 0 radical (unpaired) electrons. The summed E-state index contributed by atoms with van der Waals surface area (Å²) < 4.78 is 15.8. The number of hydrogen-bond acceptors (Lipinski definition) is 6. The van der Waals surface area contributed by atoms with Gasteiger partial charge in [-0.25, -0.2) is 0 Å². The third-order valence-electron chi connectivity index (χ3n) is 3.84. The van der Waals surface area contributed by atoms with Gasteiger partial charge in [-0.3, -0.25) is 4.79 Å². The Morgan fingerprint density at radius 2 is 1.83 bits per heavy atom. The van der Waals surface area contributed by atoms with E-state index in [1.807, 2.05) is 0 Å². The summed E-state index contributed by atoms with van der Waals surface area (Å²) in [6, 6.07) is 6.12. The molecular formula is C18H16O6. The second kappa shape index (κ2) is 5.81.